The lowest BCUT2D eigenvalue weighted by Gasteiger charge is -2.18. The van der Waals surface area contributed by atoms with Gasteiger partial charge in [0.2, 0.25) is 0 Å². The van der Waals surface area contributed by atoms with Crippen LogP contribution < -0.4 is 5.32 Å². The van der Waals surface area contributed by atoms with Crippen molar-refractivity contribution < 1.29 is 4.52 Å². The second-order valence-corrected chi connectivity index (χ2v) is 4.73. The van der Waals surface area contributed by atoms with Gasteiger partial charge in [0.25, 0.3) is 5.89 Å². The van der Waals surface area contributed by atoms with E-state index in [4.69, 9.17) is 4.52 Å². The smallest absolute Gasteiger partial charge is 0.269 e. The summed E-state index contributed by atoms with van der Waals surface area (Å²) in [5.41, 5.74) is 1.77. The van der Waals surface area contributed by atoms with Crippen LogP contribution in [0.3, 0.4) is 0 Å². The lowest BCUT2D eigenvalue weighted by molar-refractivity contribution is 0.392. The third-order valence-electron chi connectivity index (χ3n) is 2.79. The molecule has 3 heterocycles. The Kier molecular flexibility index (Phi) is 2.67. The molecule has 2 aromatic heterocycles. The van der Waals surface area contributed by atoms with Gasteiger partial charge in [0, 0.05) is 5.92 Å². The number of aromatic nitrogens is 3. The minimum absolute atomic E-state index is 0.437. The van der Waals surface area contributed by atoms with Crippen molar-refractivity contribution in [1.29, 1.82) is 0 Å². The SMILES string of the molecule is c1ncc(-c2nc(C3CCNCC3)no2)s1. The highest BCUT2D eigenvalue weighted by atomic mass is 32.1. The quantitative estimate of drug-likeness (QED) is 0.859. The van der Waals surface area contributed by atoms with E-state index < -0.39 is 0 Å². The maximum Gasteiger partial charge on any atom is 0.269 e. The van der Waals surface area contributed by atoms with Crippen LogP contribution in [0.25, 0.3) is 10.8 Å². The summed E-state index contributed by atoms with van der Waals surface area (Å²) < 4.78 is 5.25. The van der Waals surface area contributed by atoms with E-state index in [0.717, 1.165) is 36.6 Å². The molecule has 1 fully saturated rings. The second-order valence-electron chi connectivity index (χ2n) is 3.85. The number of hydrogen-bond acceptors (Lipinski definition) is 6. The Balaban J connectivity index is 1.82. The van der Waals surface area contributed by atoms with Crippen molar-refractivity contribution in [2.45, 2.75) is 18.8 Å². The molecule has 1 aliphatic heterocycles. The van der Waals surface area contributed by atoms with E-state index in [1.807, 2.05) is 0 Å². The van der Waals surface area contributed by atoms with Crippen molar-refractivity contribution in [3.63, 3.8) is 0 Å². The predicted molar refractivity (Wildman–Crippen MR) is 60.3 cm³/mol. The first-order valence-corrected chi connectivity index (χ1v) is 6.24. The molecule has 0 amide bonds. The van der Waals surface area contributed by atoms with Crippen molar-refractivity contribution in [2.75, 3.05) is 13.1 Å². The van der Waals surface area contributed by atoms with Crippen LogP contribution in [0.4, 0.5) is 0 Å². The molecule has 16 heavy (non-hydrogen) atoms. The molecule has 1 N–H and O–H groups in total. The van der Waals surface area contributed by atoms with Gasteiger partial charge >= 0.3 is 0 Å². The molecule has 0 bridgehead atoms. The molecule has 0 aliphatic carbocycles. The van der Waals surface area contributed by atoms with Crippen molar-refractivity contribution in [2.24, 2.45) is 0 Å². The number of rotatable bonds is 2. The number of piperidine rings is 1. The summed E-state index contributed by atoms with van der Waals surface area (Å²) in [7, 11) is 0. The minimum Gasteiger partial charge on any atom is -0.333 e. The molecule has 6 heteroatoms. The van der Waals surface area contributed by atoms with Gasteiger partial charge in [-0.15, -0.1) is 11.3 Å². The molecule has 0 radical (unpaired) electrons. The number of nitrogens with zero attached hydrogens (tertiary/aromatic N) is 3. The zero-order chi connectivity index (χ0) is 10.8. The summed E-state index contributed by atoms with van der Waals surface area (Å²) in [6, 6.07) is 0. The Morgan fingerprint density at radius 3 is 3.00 bits per heavy atom. The first kappa shape index (κ1) is 9.92. The Morgan fingerprint density at radius 2 is 2.25 bits per heavy atom. The normalized spacial score (nSPS) is 17.8. The van der Waals surface area contributed by atoms with Crippen LogP contribution in [0.2, 0.25) is 0 Å². The summed E-state index contributed by atoms with van der Waals surface area (Å²) in [5, 5.41) is 7.39. The number of hydrogen-bond donors (Lipinski definition) is 1. The molecule has 0 spiro atoms. The van der Waals surface area contributed by atoms with E-state index in [2.05, 4.69) is 20.4 Å². The molecule has 0 saturated carbocycles. The van der Waals surface area contributed by atoms with E-state index in [1.165, 1.54) is 11.3 Å². The van der Waals surface area contributed by atoms with Gasteiger partial charge in [0.1, 0.15) is 4.88 Å². The van der Waals surface area contributed by atoms with Gasteiger partial charge in [-0.2, -0.15) is 4.98 Å². The Morgan fingerprint density at radius 1 is 1.38 bits per heavy atom. The highest BCUT2D eigenvalue weighted by molar-refractivity contribution is 7.13. The third kappa shape index (κ3) is 1.85. The monoisotopic (exact) mass is 236 g/mol. The van der Waals surface area contributed by atoms with E-state index in [1.54, 1.807) is 11.7 Å². The molecule has 2 aromatic rings. The Labute approximate surface area is 96.9 Å². The van der Waals surface area contributed by atoms with Gasteiger partial charge in [0.15, 0.2) is 5.82 Å². The maximum absolute atomic E-state index is 5.25. The standard InChI is InChI=1S/C10H12N4OS/c1-3-11-4-2-7(1)9-13-10(15-14-9)8-5-12-6-16-8/h5-7,11H,1-4H2. The fourth-order valence-electron chi connectivity index (χ4n) is 1.90. The molecular weight excluding hydrogens is 224 g/mol. The van der Waals surface area contributed by atoms with Crippen LogP contribution in [0.1, 0.15) is 24.6 Å². The van der Waals surface area contributed by atoms with Crippen LogP contribution in [-0.4, -0.2) is 28.2 Å². The average molecular weight is 236 g/mol. The van der Waals surface area contributed by atoms with Gasteiger partial charge in [-0.25, -0.2) is 0 Å². The minimum atomic E-state index is 0.437. The second kappa shape index (κ2) is 4.31. The van der Waals surface area contributed by atoms with Crippen molar-refractivity contribution >= 4 is 11.3 Å². The fraction of sp³-hybridized carbons (Fsp3) is 0.500. The van der Waals surface area contributed by atoms with Crippen molar-refractivity contribution in [3.05, 3.63) is 17.5 Å². The van der Waals surface area contributed by atoms with Crippen molar-refractivity contribution in [3.8, 4) is 10.8 Å². The highest BCUT2D eigenvalue weighted by Gasteiger charge is 2.21. The summed E-state index contributed by atoms with van der Waals surface area (Å²) in [5.74, 6) is 1.87. The first-order chi connectivity index (χ1) is 7.93. The van der Waals surface area contributed by atoms with Gasteiger partial charge in [-0.3, -0.25) is 4.98 Å². The van der Waals surface area contributed by atoms with Crippen LogP contribution in [0, 0.1) is 0 Å². The molecule has 0 atom stereocenters. The van der Waals surface area contributed by atoms with E-state index in [-0.39, 0.29) is 0 Å². The lowest BCUT2D eigenvalue weighted by Crippen LogP contribution is -2.27. The summed E-state index contributed by atoms with van der Waals surface area (Å²) in [6.07, 6.45) is 3.92. The first-order valence-electron chi connectivity index (χ1n) is 5.36. The van der Waals surface area contributed by atoms with Gasteiger partial charge in [-0.05, 0) is 25.9 Å². The van der Waals surface area contributed by atoms with Gasteiger partial charge < -0.3 is 9.84 Å². The molecule has 0 aromatic carbocycles. The van der Waals surface area contributed by atoms with Gasteiger partial charge in [0.05, 0.1) is 11.7 Å². The van der Waals surface area contributed by atoms with Crippen LogP contribution in [0.5, 0.6) is 0 Å². The van der Waals surface area contributed by atoms with Crippen LogP contribution in [-0.2, 0) is 0 Å². The Bertz CT molecular complexity index is 447. The van der Waals surface area contributed by atoms with Crippen LogP contribution in [0.15, 0.2) is 16.2 Å². The highest BCUT2D eigenvalue weighted by Crippen LogP contribution is 2.26. The molecule has 3 rings (SSSR count). The zero-order valence-electron chi connectivity index (χ0n) is 8.72. The topological polar surface area (TPSA) is 63.8 Å². The number of thiazole rings is 1. The summed E-state index contributed by atoms with van der Waals surface area (Å²) in [6.45, 7) is 2.07. The van der Waals surface area contributed by atoms with Crippen LogP contribution >= 0.6 is 11.3 Å². The molecule has 1 saturated heterocycles. The number of nitrogens with one attached hydrogen (secondary N) is 1. The molecule has 84 valence electrons. The van der Waals surface area contributed by atoms with E-state index in [0.29, 0.717) is 11.8 Å². The molecule has 5 nitrogen and oxygen atoms in total. The largest absolute Gasteiger partial charge is 0.333 e. The zero-order valence-corrected chi connectivity index (χ0v) is 9.54. The van der Waals surface area contributed by atoms with E-state index in [9.17, 15) is 0 Å². The molecular formula is C10H12N4OS. The van der Waals surface area contributed by atoms with E-state index >= 15 is 0 Å². The Hall–Kier alpha value is -1.27. The van der Waals surface area contributed by atoms with Crippen molar-refractivity contribution in [1.82, 2.24) is 20.4 Å². The summed E-state index contributed by atoms with van der Waals surface area (Å²) >= 11 is 1.52. The maximum atomic E-state index is 5.25. The third-order valence-corrected chi connectivity index (χ3v) is 3.55. The molecule has 0 unspecified atom stereocenters. The predicted octanol–water partition coefficient (Wildman–Crippen LogP) is 1.66. The summed E-state index contributed by atoms with van der Waals surface area (Å²) in [4.78, 5) is 9.38. The van der Waals surface area contributed by atoms with Gasteiger partial charge in [-0.1, -0.05) is 5.16 Å². The average Bonchev–Trinajstić information content (AvgIpc) is 3.01. The molecule has 1 aliphatic rings. The fourth-order valence-corrected chi connectivity index (χ4v) is 2.44. The lowest BCUT2D eigenvalue weighted by atomic mass is 9.98.